The number of hydrogen-bond acceptors (Lipinski definition) is 4. The highest BCUT2D eigenvalue weighted by Crippen LogP contribution is 2.39. The van der Waals surface area contributed by atoms with Gasteiger partial charge in [-0.15, -0.1) is 11.3 Å². The van der Waals surface area contributed by atoms with Crippen molar-refractivity contribution in [1.29, 1.82) is 0 Å². The predicted molar refractivity (Wildman–Crippen MR) is 64.2 cm³/mol. The Morgan fingerprint density at radius 2 is 2.18 bits per heavy atom. The Kier molecular flexibility index (Phi) is 2.63. The zero-order valence-corrected chi connectivity index (χ0v) is 10.1. The quantitative estimate of drug-likeness (QED) is 0.889. The molecule has 0 aromatic carbocycles. The molecule has 0 amide bonds. The summed E-state index contributed by atoms with van der Waals surface area (Å²) in [6, 6.07) is 1.93. The monoisotopic (exact) mass is 251 g/mol. The minimum absolute atomic E-state index is 0.169. The van der Waals surface area contributed by atoms with Crippen LogP contribution in [0.2, 0.25) is 0 Å². The Morgan fingerprint density at radius 1 is 1.41 bits per heavy atom. The number of carboxylic acid groups (broad SMARTS) is 1. The van der Waals surface area contributed by atoms with Crippen LogP contribution >= 0.6 is 11.3 Å². The molecule has 1 aliphatic carbocycles. The standard InChI is InChI=1S/C12H13NO3S/c14-12(15)8-3-1-7(2-4-8)10-11-9(16-13-10)5-6-17-11/h5-8H,1-4H2,(H,14,15). The molecule has 5 heteroatoms. The van der Waals surface area contributed by atoms with Crippen molar-refractivity contribution in [2.45, 2.75) is 31.6 Å². The molecule has 0 aliphatic heterocycles. The normalized spacial score (nSPS) is 25.2. The number of hydrogen-bond donors (Lipinski definition) is 1. The molecular formula is C12H13NO3S. The fraction of sp³-hybridized carbons (Fsp3) is 0.500. The van der Waals surface area contributed by atoms with Crippen molar-refractivity contribution in [3.8, 4) is 0 Å². The molecule has 0 bridgehead atoms. The molecule has 4 nitrogen and oxygen atoms in total. The number of rotatable bonds is 2. The Labute approximate surface area is 102 Å². The number of fused-ring (bicyclic) bond motifs is 1. The number of aliphatic carboxylic acids is 1. The van der Waals surface area contributed by atoms with E-state index in [1.54, 1.807) is 11.3 Å². The number of aromatic nitrogens is 1. The summed E-state index contributed by atoms with van der Waals surface area (Å²) in [5.41, 5.74) is 1.88. The van der Waals surface area contributed by atoms with Crippen LogP contribution < -0.4 is 0 Å². The minimum Gasteiger partial charge on any atom is -0.481 e. The third kappa shape index (κ3) is 1.84. The molecule has 17 heavy (non-hydrogen) atoms. The van der Waals surface area contributed by atoms with Crippen molar-refractivity contribution in [2.24, 2.45) is 5.92 Å². The molecule has 3 rings (SSSR count). The highest BCUT2D eigenvalue weighted by atomic mass is 32.1. The summed E-state index contributed by atoms with van der Waals surface area (Å²) in [5, 5.41) is 15.1. The Bertz CT molecular complexity index is 537. The van der Waals surface area contributed by atoms with E-state index >= 15 is 0 Å². The van der Waals surface area contributed by atoms with E-state index in [0.29, 0.717) is 5.92 Å². The highest BCUT2D eigenvalue weighted by molar-refractivity contribution is 7.17. The van der Waals surface area contributed by atoms with E-state index in [1.807, 2.05) is 11.4 Å². The zero-order valence-electron chi connectivity index (χ0n) is 9.26. The third-order valence-electron chi connectivity index (χ3n) is 3.57. The van der Waals surface area contributed by atoms with Gasteiger partial charge in [-0.25, -0.2) is 0 Å². The summed E-state index contributed by atoms with van der Waals surface area (Å²) in [6.07, 6.45) is 3.30. The van der Waals surface area contributed by atoms with Crippen LogP contribution in [-0.4, -0.2) is 16.2 Å². The van der Waals surface area contributed by atoms with Gasteiger partial charge in [-0.2, -0.15) is 0 Å². The van der Waals surface area contributed by atoms with E-state index in [-0.39, 0.29) is 5.92 Å². The van der Waals surface area contributed by atoms with E-state index in [9.17, 15) is 4.79 Å². The van der Waals surface area contributed by atoms with Crippen LogP contribution in [0.5, 0.6) is 0 Å². The lowest BCUT2D eigenvalue weighted by Gasteiger charge is -2.24. The molecule has 0 spiro atoms. The molecule has 0 atom stereocenters. The van der Waals surface area contributed by atoms with Crippen LogP contribution in [0.15, 0.2) is 16.0 Å². The van der Waals surface area contributed by atoms with Crippen LogP contribution in [-0.2, 0) is 4.79 Å². The number of carboxylic acids is 1. The molecule has 1 fully saturated rings. The third-order valence-corrected chi connectivity index (χ3v) is 4.49. The second kappa shape index (κ2) is 4.14. The first-order valence-electron chi connectivity index (χ1n) is 5.81. The van der Waals surface area contributed by atoms with Crippen molar-refractivity contribution in [1.82, 2.24) is 5.16 Å². The summed E-state index contributed by atoms with van der Waals surface area (Å²) in [5.74, 6) is -0.465. The maximum Gasteiger partial charge on any atom is 0.306 e. The molecule has 1 N–H and O–H groups in total. The van der Waals surface area contributed by atoms with Gasteiger partial charge in [-0.05, 0) is 37.1 Å². The minimum atomic E-state index is -0.662. The van der Waals surface area contributed by atoms with E-state index in [1.165, 1.54) is 0 Å². The molecule has 2 heterocycles. The molecular weight excluding hydrogens is 238 g/mol. The molecule has 1 aliphatic rings. The van der Waals surface area contributed by atoms with Crippen molar-refractivity contribution < 1.29 is 14.4 Å². The fourth-order valence-electron chi connectivity index (χ4n) is 2.57. The van der Waals surface area contributed by atoms with Crippen molar-refractivity contribution in [2.75, 3.05) is 0 Å². The lowest BCUT2D eigenvalue weighted by molar-refractivity contribution is -0.142. The zero-order chi connectivity index (χ0) is 11.8. The van der Waals surface area contributed by atoms with Gasteiger partial charge >= 0.3 is 5.97 Å². The van der Waals surface area contributed by atoms with Crippen LogP contribution in [0.25, 0.3) is 10.3 Å². The summed E-state index contributed by atoms with van der Waals surface area (Å²) in [7, 11) is 0. The van der Waals surface area contributed by atoms with Crippen LogP contribution in [0, 0.1) is 5.92 Å². The Morgan fingerprint density at radius 3 is 2.88 bits per heavy atom. The summed E-state index contributed by atoms with van der Waals surface area (Å²) >= 11 is 1.65. The van der Waals surface area contributed by atoms with Gasteiger partial charge < -0.3 is 9.63 Å². The Hall–Kier alpha value is -1.36. The second-order valence-electron chi connectivity index (χ2n) is 4.57. The number of thiophene rings is 1. The van der Waals surface area contributed by atoms with Crippen LogP contribution in [0.4, 0.5) is 0 Å². The van der Waals surface area contributed by atoms with Crippen LogP contribution in [0.3, 0.4) is 0 Å². The van der Waals surface area contributed by atoms with E-state index in [4.69, 9.17) is 9.63 Å². The first kappa shape index (κ1) is 10.8. The van der Waals surface area contributed by atoms with Gasteiger partial charge in [0.1, 0.15) is 5.69 Å². The average Bonchev–Trinajstić information content (AvgIpc) is 2.90. The van der Waals surface area contributed by atoms with Gasteiger partial charge in [0.2, 0.25) is 0 Å². The van der Waals surface area contributed by atoms with Crippen molar-refractivity contribution in [3.05, 3.63) is 17.1 Å². The van der Waals surface area contributed by atoms with E-state index in [0.717, 1.165) is 41.7 Å². The smallest absolute Gasteiger partial charge is 0.306 e. The van der Waals surface area contributed by atoms with E-state index in [2.05, 4.69) is 5.16 Å². The van der Waals surface area contributed by atoms with Crippen molar-refractivity contribution in [3.63, 3.8) is 0 Å². The van der Waals surface area contributed by atoms with Gasteiger partial charge in [0.25, 0.3) is 0 Å². The summed E-state index contributed by atoms with van der Waals surface area (Å²) < 4.78 is 6.39. The van der Waals surface area contributed by atoms with Gasteiger partial charge in [-0.3, -0.25) is 4.79 Å². The van der Waals surface area contributed by atoms with Crippen LogP contribution in [0.1, 0.15) is 37.3 Å². The maximum atomic E-state index is 10.9. The van der Waals surface area contributed by atoms with Gasteiger partial charge in [0.15, 0.2) is 5.58 Å². The van der Waals surface area contributed by atoms with E-state index < -0.39 is 5.97 Å². The molecule has 1 saturated carbocycles. The fourth-order valence-corrected chi connectivity index (χ4v) is 3.44. The molecule has 0 radical (unpaired) electrons. The highest BCUT2D eigenvalue weighted by Gasteiger charge is 2.29. The topological polar surface area (TPSA) is 63.3 Å². The summed E-state index contributed by atoms with van der Waals surface area (Å²) in [4.78, 5) is 10.9. The second-order valence-corrected chi connectivity index (χ2v) is 5.48. The largest absolute Gasteiger partial charge is 0.481 e. The maximum absolute atomic E-state index is 10.9. The first-order valence-corrected chi connectivity index (χ1v) is 6.69. The van der Waals surface area contributed by atoms with Crippen molar-refractivity contribution >= 4 is 27.6 Å². The molecule has 0 unspecified atom stereocenters. The average molecular weight is 251 g/mol. The molecule has 2 aromatic heterocycles. The number of carbonyl (C=O) groups is 1. The first-order chi connectivity index (χ1) is 8.25. The Balaban J connectivity index is 1.79. The lowest BCUT2D eigenvalue weighted by Crippen LogP contribution is -2.20. The SMILES string of the molecule is O=C(O)C1CCC(c2noc3ccsc23)CC1. The molecule has 0 saturated heterocycles. The number of nitrogens with zero attached hydrogens (tertiary/aromatic N) is 1. The molecule has 90 valence electrons. The predicted octanol–water partition coefficient (Wildman–Crippen LogP) is 3.25. The summed E-state index contributed by atoms with van der Waals surface area (Å²) in [6.45, 7) is 0. The molecule has 2 aromatic rings. The van der Waals surface area contributed by atoms with Gasteiger partial charge in [-0.1, -0.05) is 5.16 Å². The van der Waals surface area contributed by atoms with Gasteiger partial charge in [0.05, 0.1) is 10.6 Å². The van der Waals surface area contributed by atoms with Gasteiger partial charge in [0, 0.05) is 5.92 Å². The lowest BCUT2D eigenvalue weighted by atomic mass is 9.80.